The summed E-state index contributed by atoms with van der Waals surface area (Å²) < 4.78 is 17.0. The maximum absolute atomic E-state index is 12.9. The Labute approximate surface area is 473 Å². The second kappa shape index (κ2) is 64.9. The van der Waals surface area contributed by atoms with E-state index in [0.717, 1.165) is 89.9 Å². The van der Waals surface area contributed by atoms with Crippen molar-refractivity contribution in [1.29, 1.82) is 0 Å². The van der Waals surface area contributed by atoms with E-state index >= 15 is 0 Å². The molecular weight excluding hydrogens is 937 g/mol. The number of allylic oxidation sites excluding steroid dienone is 8. The van der Waals surface area contributed by atoms with E-state index in [9.17, 15) is 14.4 Å². The van der Waals surface area contributed by atoms with Crippen molar-refractivity contribution in [3.05, 3.63) is 48.6 Å². The van der Waals surface area contributed by atoms with E-state index in [1.54, 1.807) is 0 Å². The molecule has 0 aromatic carbocycles. The van der Waals surface area contributed by atoms with E-state index < -0.39 is 6.10 Å². The highest BCUT2D eigenvalue weighted by Gasteiger charge is 2.19. The lowest BCUT2D eigenvalue weighted by molar-refractivity contribution is -0.167. The largest absolute Gasteiger partial charge is 0.462 e. The molecule has 0 aliphatic heterocycles. The summed E-state index contributed by atoms with van der Waals surface area (Å²) in [5.74, 6) is -0.868. The van der Waals surface area contributed by atoms with Crippen LogP contribution in [0.2, 0.25) is 0 Å². The minimum Gasteiger partial charge on any atom is -0.462 e. The number of carbonyl (C=O) groups is 3. The van der Waals surface area contributed by atoms with E-state index in [2.05, 4.69) is 69.4 Å². The number of hydrogen-bond donors (Lipinski definition) is 0. The van der Waals surface area contributed by atoms with Gasteiger partial charge in [0.15, 0.2) is 6.10 Å². The summed E-state index contributed by atoms with van der Waals surface area (Å²) in [6.45, 7) is 6.61. The van der Waals surface area contributed by atoms with Crippen LogP contribution < -0.4 is 0 Å². The SMILES string of the molecule is CCC/C=C\C/C=C\CCCCCCCC(=O)OCC(COC(=O)CCCCCCCCCCCCC/C=C\C/C=C\CCCCCCC)OC(=O)CCCCCCCCCCCCCCCCCCCCCCCC. The Bertz CT molecular complexity index is 1310. The minimum absolute atomic E-state index is 0.0751. The van der Waals surface area contributed by atoms with Crippen molar-refractivity contribution in [1.82, 2.24) is 0 Å². The number of carbonyl (C=O) groups excluding carboxylic acids is 3. The van der Waals surface area contributed by atoms with E-state index in [-0.39, 0.29) is 31.1 Å². The van der Waals surface area contributed by atoms with E-state index in [4.69, 9.17) is 14.2 Å². The van der Waals surface area contributed by atoms with Crippen LogP contribution in [0.1, 0.15) is 361 Å². The molecule has 1 atom stereocenters. The van der Waals surface area contributed by atoms with Crippen molar-refractivity contribution in [2.75, 3.05) is 13.2 Å². The molecule has 0 saturated heterocycles. The van der Waals surface area contributed by atoms with Crippen LogP contribution in [0.3, 0.4) is 0 Å². The zero-order valence-corrected chi connectivity index (χ0v) is 51.0. The van der Waals surface area contributed by atoms with Gasteiger partial charge in [-0.15, -0.1) is 0 Å². The van der Waals surface area contributed by atoms with Gasteiger partial charge in [0.25, 0.3) is 0 Å². The molecule has 0 aliphatic rings. The first kappa shape index (κ1) is 73.4. The van der Waals surface area contributed by atoms with Gasteiger partial charge in [0.05, 0.1) is 0 Å². The molecule has 0 aromatic rings. The lowest BCUT2D eigenvalue weighted by atomic mass is 10.0. The molecule has 0 spiro atoms. The Morgan fingerprint density at radius 3 is 0.776 bits per heavy atom. The monoisotopic (exact) mass is 1060 g/mol. The first-order valence-corrected chi connectivity index (χ1v) is 33.6. The average Bonchev–Trinajstić information content (AvgIpc) is 3.42. The highest BCUT2D eigenvalue weighted by molar-refractivity contribution is 5.71. The summed E-state index contributed by atoms with van der Waals surface area (Å²) in [5, 5.41) is 0. The molecule has 0 heterocycles. The lowest BCUT2D eigenvalue weighted by Gasteiger charge is -2.18. The normalized spacial score (nSPS) is 12.3. The van der Waals surface area contributed by atoms with Crippen LogP contribution in [0.4, 0.5) is 0 Å². The fourth-order valence-electron chi connectivity index (χ4n) is 9.99. The van der Waals surface area contributed by atoms with Gasteiger partial charge in [-0.25, -0.2) is 0 Å². The second-order valence-corrected chi connectivity index (χ2v) is 22.7. The van der Waals surface area contributed by atoms with Crippen LogP contribution in [0, 0.1) is 0 Å². The molecule has 0 amide bonds. The number of ether oxygens (including phenoxy) is 3. The molecule has 0 aliphatic carbocycles. The van der Waals surface area contributed by atoms with Gasteiger partial charge in [-0.2, -0.15) is 0 Å². The van der Waals surface area contributed by atoms with Gasteiger partial charge < -0.3 is 14.2 Å². The number of hydrogen-bond acceptors (Lipinski definition) is 6. The third-order valence-electron chi connectivity index (χ3n) is 15.0. The van der Waals surface area contributed by atoms with Gasteiger partial charge in [0.1, 0.15) is 13.2 Å². The van der Waals surface area contributed by atoms with E-state index in [0.29, 0.717) is 19.3 Å². The number of rotatable bonds is 62. The van der Waals surface area contributed by atoms with Crippen LogP contribution in [0.25, 0.3) is 0 Å². The first-order valence-electron chi connectivity index (χ1n) is 33.6. The number of esters is 3. The Kier molecular flexibility index (Phi) is 62.6. The van der Waals surface area contributed by atoms with Crippen molar-refractivity contribution < 1.29 is 28.6 Å². The number of unbranched alkanes of at least 4 members (excludes halogenated alkanes) is 43. The molecule has 76 heavy (non-hydrogen) atoms. The predicted molar refractivity (Wildman–Crippen MR) is 330 cm³/mol. The molecule has 0 N–H and O–H groups in total. The van der Waals surface area contributed by atoms with Crippen LogP contribution in [-0.4, -0.2) is 37.2 Å². The van der Waals surface area contributed by atoms with Crippen LogP contribution >= 0.6 is 0 Å². The molecule has 6 heteroatoms. The fourth-order valence-corrected chi connectivity index (χ4v) is 9.99. The topological polar surface area (TPSA) is 78.9 Å². The van der Waals surface area contributed by atoms with Gasteiger partial charge >= 0.3 is 17.9 Å². The maximum atomic E-state index is 12.9. The molecule has 0 aromatic heterocycles. The highest BCUT2D eigenvalue weighted by atomic mass is 16.6. The summed E-state index contributed by atoms with van der Waals surface area (Å²) in [6, 6.07) is 0. The predicted octanol–water partition coefficient (Wildman–Crippen LogP) is 22.9. The highest BCUT2D eigenvalue weighted by Crippen LogP contribution is 2.18. The maximum Gasteiger partial charge on any atom is 0.306 e. The first-order chi connectivity index (χ1) is 37.5. The van der Waals surface area contributed by atoms with Crippen molar-refractivity contribution in [2.24, 2.45) is 0 Å². The van der Waals surface area contributed by atoms with E-state index in [1.165, 1.54) is 231 Å². The summed E-state index contributed by atoms with van der Waals surface area (Å²) in [4.78, 5) is 38.3. The van der Waals surface area contributed by atoms with Crippen LogP contribution in [0.15, 0.2) is 48.6 Å². The minimum atomic E-state index is -0.779. The smallest absolute Gasteiger partial charge is 0.306 e. The molecule has 0 fully saturated rings. The molecule has 6 nitrogen and oxygen atoms in total. The van der Waals surface area contributed by atoms with Crippen LogP contribution in [0.5, 0.6) is 0 Å². The second-order valence-electron chi connectivity index (χ2n) is 22.7. The molecule has 0 rings (SSSR count). The van der Waals surface area contributed by atoms with E-state index in [1.807, 2.05) is 0 Å². The molecule has 444 valence electrons. The Balaban J connectivity index is 4.27. The molecular formula is C70H128O6. The quantitative estimate of drug-likeness (QED) is 0.0261. The summed E-state index contributed by atoms with van der Waals surface area (Å²) in [6.07, 6.45) is 81.3. The van der Waals surface area contributed by atoms with Gasteiger partial charge in [-0.3, -0.25) is 14.4 Å². The standard InChI is InChI=1S/C70H128O6/c1-4-7-10-13-16-19-22-25-27-29-31-33-35-37-38-40-42-45-48-51-54-57-60-63-69(72)75-66-67(65-74-68(71)62-59-56-53-50-47-44-24-21-18-15-12-9-6-3)76-70(73)64-61-58-55-52-49-46-43-41-39-36-34-32-30-28-26-23-20-17-14-11-8-5-2/h12,15,21-22,24-25,29,31,67H,4-11,13-14,16-20,23,26-28,30,32-66H2,1-3H3/b15-12-,24-21-,25-22-,31-29-. The molecule has 0 saturated carbocycles. The third kappa shape index (κ3) is 62.2. The van der Waals surface area contributed by atoms with Crippen molar-refractivity contribution in [2.45, 2.75) is 367 Å². The van der Waals surface area contributed by atoms with Crippen molar-refractivity contribution in [3.8, 4) is 0 Å². The zero-order chi connectivity index (χ0) is 55.0. The third-order valence-corrected chi connectivity index (χ3v) is 15.0. The van der Waals surface area contributed by atoms with Gasteiger partial charge in [-0.1, -0.05) is 313 Å². The van der Waals surface area contributed by atoms with Gasteiger partial charge in [0, 0.05) is 19.3 Å². The Hall–Kier alpha value is -2.63. The molecule has 0 radical (unpaired) electrons. The zero-order valence-electron chi connectivity index (χ0n) is 51.0. The summed E-state index contributed by atoms with van der Waals surface area (Å²) >= 11 is 0. The van der Waals surface area contributed by atoms with Gasteiger partial charge in [0.2, 0.25) is 0 Å². The van der Waals surface area contributed by atoms with Gasteiger partial charge in [-0.05, 0) is 77.0 Å². The summed E-state index contributed by atoms with van der Waals surface area (Å²) in [7, 11) is 0. The van der Waals surface area contributed by atoms with Crippen molar-refractivity contribution in [3.63, 3.8) is 0 Å². The molecule has 1 unspecified atom stereocenters. The average molecular weight is 1070 g/mol. The Morgan fingerprint density at radius 1 is 0.263 bits per heavy atom. The lowest BCUT2D eigenvalue weighted by Crippen LogP contribution is -2.30. The van der Waals surface area contributed by atoms with Crippen LogP contribution in [-0.2, 0) is 28.6 Å². The Morgan fingerprint density at radius 2 is 0.500 bits per heavy atom. The van der Waals surface area contributed by atoms with Crippen molar-refractivity contribution >= 4 is 17.9 Å². The summed E-state index contributed by atoms with van der Waals surface area (Å²) in [5.41, 5.74) is 0. The molecule has 0 bridgehead atoms. The fraction of sp³-hybridized carbons (Fsp3) is 0.843.